The maximum absolute atomic E-state index is 13.7. The third-order valence-electron chi connectivity index (χ3n) is 4.60. The van der Waals surface area contributed by atoms with Crippen molar-refractivity contribution in [1.82, 2.24) is 0 Å². The lowest BCUT2D eigenvalue weighted by Crippen LogP contribution is -2.32. The van der Waals surface area contributed by atoms with Gasteiger partial charge in [0, 0.05) is 9.92 Å². The van der Waals surface area contributed by atoms with Crippen LogP contribution in [0.5, 0.6) is 5.75 Å². The smallest absolute Gasteiger partial charge is 0.283 e. The van der Waals surface area contributed by atoms with Crippen molar-refractivity contribution >= 4 is 58.2 Å². The number of thioether (sulfide) groups is 1. The number of nitrogens with zero attached hydrogens (tertiary/aromatic N) is 1. The number of carbonyl (C=O) groups is 2. The van der Waals surface area contributed by atoms with Crippen LogP contribution in [-0.2, 0) is 9.59 Å². The van der Waals surface area contributed by atoms with Crippen molar-refractivity contribution in [2.75, 3.05) is 17.3 Å². The molecule has 0 saturated heterocycles. The zero-order valence-corrected chi connectivity index (χ0v) is 18.9. The number of amides is 2. The molecule has 32 heavy (non-hydrogen) atoms. The Morgan fingerprint density at radius 1 is 0.969 bits per heavy atom. The van der Waals surface area contributed by atoms with Crippen LogP contribution >= 0.6 is 35.0 Å². The van der Waals surface area contributed by atoms with Crippen LogP contribution in [0.1, 0.15) is 0 Å². The van der Waals surface area contributed by atoms with Crippen LogP contribution in [0.3, 0.4) is 0 Å². The minimum Gasteiger partial charge on any atom is -0.495 e. The Kier molecular flexibility index (Phi) is 6.41. The summed E-state index contributed by atoms with van der Waals surface area (Å²) >= 11 is 13.0. The predicted molar refractivity (Wildman–Crippen MR) is 125 cm³/mol. The summed E-state index contributed by atoms with van der Waals surface area (Å²) in [5.41, 5.74) is 0.747. The molecule has 3 aromatic carbocycles. The molecule has 5 nitrogen and oxygen atoms in total. The van der Waals surface area contributed by atoms with Crippen LogP contribution < -0.4 is 15.0 Å². The molecule has 1 heterocycles. The number of methoxy groups -OCH3 is 1. The quantitative estimate of drug-likeness (QED) is 0.422. The summed E-state index contributed by atoms with van der Waals surface area (Å²) in [4.78, 5) is 28.5. The highest BCUT2D eigenvalue weighted by molar-refractivity contribution is 8.04. The van der Waals surface area contributed by atoms with E-state index in [2.05, 4.69) is 5.32 Å². The third-order valence-corrected chi connectivity index (χ3v) is 6.24. The second-order valence-electron chi connectivity index (χ2n) is 6.63. The zero-order chi connectivity index (χ0) is 22.8. The van der Waals surface area contributed by atoms with Gasteiger partial charge in [-0.15, -0.1) is 0 Å². The normalized spacial score (nSPS) is 13.7. The first-order chi connectivity index (χ1) is 15.4. The number of hydrogen-bond acceptors (Lipinski definition) is 5. The number of halogens is 3. The van der Waals surface area contributed by atoms with Crippen LogP contribution in [0.25, 0.3) is 0 Å². The average Bonchev–Trinajstić information content (AvgIpc) is 3.01. The van der Waals surface area contributed by atoms with Gasteiger partial charge in [-0.2, -0.15) is 0 Å². The van der Waals surface area contributed by atoms with Gasteiger partial charge >= 0.3 is 0 Å². The van der Waals surface area contributed by atoms with E-state index in [0.29, 0.717) is 21.4 Å². The van der Waals surface area contributed by atoms with Gasteiger partial charge in [-0.3, -0.25) is 9.59 Å². The lowest BCUT2D eigenvalue weighted by Gasteiger charge is -2.16. The summed E-state index contributed by atoms with van der Waals surface area (Å²) in [7, 11) is 1.51. The molecular formula is C23H15Cl2FN2O3S. The maximum atomic E-state index is 13.7. The number of anilines is 2. The van der Waals surface area contributed by atoms with E-state index in [0.717, 1.165) is 22.7 Å². The summed E-state index contributed by atoms with van der Waals surface area (Å²) < 4.78 is 19.0. The second-order valence-corrected chi connectivity index (χ2v) is 8.56. The van der Waals surface area contributed by atoms with Gasteiger partial charge in [0.2, 0.25) is 0 Å². The van der Waals surface area contributed by atoms with E-state index >= 15 is 0 Å². The molecule has 0 bridgehead atoms. The fourth-order valence-corrected chi connectivity index (χ4v) is 4.30. The van der Waals surface area contributed by atoms with Crippen LogP contribution in [0.2, 0.25) is 10.0 Å². The number of benzene rings is 3. The molecule has 1 aliphatic heterocycles. The number of nitrogens with one attached hydrogen (secondary N) is 1. The Bertz CT molecular complexity index is 1250. The summed E-state index contributed by atoms with van der Waals surface area (Å²) in [5.74, 6) is -1.31. The summed E-state index contributed by atoms with van der Waals surface area (Å²) in [5, 5.41) is 3.39. The van der Waals surface area contributed by atoms with Gasteiger partial charge in [-0.1, -0.05) is 47.1 Å². The first kappa shape index (κ1) is 22.2. The van der Waals surface area contributed by atoms with E-state index in [4.69, 9.17) is 27.9 Å². The number of imide groups is 1. The van der Waals surface area contributed by atoms with E-state index in [-0.39, 0.29) is 21.3 Å². The second kappa shape index (κ2) is 9.24. The molecular weight excluding hydrogens is 474 g/mol. The van der Waals surface area contributed by atoms with Crippen molar-refractivity contribution in [1.29, 1.82) is 0 Å². The Morgan fingerprint density at radius 3 is 2.38 bits per heavy atom. The third kappa shape index (κ3) is 4.32. The van der Waals surface area contributed by atoms with Gasteiger partial charge in [-0.25, -0.2) is 9.29 Å². The van der Waals surface area contributed by atoms with Gasteiger partial charge in [0.1, 0.15) is 22.2 Å². The highest BCUT2D eigenvalue weighted by Crippen LogP contribution is 2.39. The van der Waals surface area contributed by atoms with Crippen molar-refractivity contribution < 1.29 is 18.7 Å². The van der Waals surface area contributed by atoms with Gasteiger partial charge in [0.25, 0.3) is 11.8 Å². The van der Waals surface area contributed by atoms with Crippen LogP contribution in [0.15, 0.2) is 82.2 Å². The minimum atomic E-state index is -0.648. The van der Waals surface area contributed by atoms with E-state index in [1.807, 2.05) is 0 Å². The van der Waals surface area contributed by atoms with Crippen molar-refractivity contribution in [3.63, 3.8) is 0 Å². The standard InChI is InChI=1S/C23H15Cl2FN2O3S/c1-31-19-5-3-2-4-18(19)27-20-21(32-15-9-6-13(24)7-10-15)23(30)28(22(20)29)14-8-11-17(26)16(25)12-14/h2-12,27H,1H3. The fourth-order valence-electron chi connectivity index (χ4n) is 3.08. The Hall–Kier alpha value is -3.00. The van der Waals surface area contributed by atoms with Crippen molar-refractivity contribution in [3.8, 4) is 5.75 Å². The SMILES string of the molecule is COc1ccccc1NC1=C(Sc2ccc(Cl)cc2)C(=O)N(c2ccc(F)c(Cl)c2)C1=O. The number of ether oxygens (including phenoxy) is 1. The zero-order valence-electron chi connectivity index (χ0n) is 16.6. The number of para-hydroxylation sites is 2. The van der Waals surface area contributed by atoms with Gasteiger partial charge in [-0.05, 0) is 54.6 Å². The molecule has 0 fully saturated rings. The molecule has 0 radical (unpaired) electrons. The summed E-state index contributed by atoms with van der Waals surface area (Å²) in [6, 6.07) is 17.6. The number of hydrogen-bond donors (Lipinski definition) is 1. The first-order valence-corrected chi connectivity index (χ1v) is 10.9. The monoisotopic (exact) mass is 488 g/mol. The molecule has 0 aromatic heterocycles. The number of rotatable bonds is 6. The molecule has 0 atom stereocenters. The molecule has 1 N–H and O–H groups in total. The molecule has 0 saturated carbocycles. The Labute approximate surface area is 197 Å². The lowest BCUT2D eigenvalue weighted by atomic mass is 10.2. The number of carbonyl (C=O) groups excluding carboxylic acids is 2. The van der Waals surface area contributed by atoms with Gasteiger partial charge < -0.3 is 10.1 Å². The average molecular weight is 489 g/mol. The van der Waals surface area contributed by atoms with E-state index in [1.54, 1.807) is 48.5 Å². The first-order valence-electron chi connectivity index (χ1n) is 9.30. The highest BCUT2D eigenvalue weighted by Gasteiger charge is 2.40. The lowest BCUT2D eigenvalue weighted by molar-refractivity contribution is -0.120. The molecule has 3 aromatic rings. The molecule has 2 amide bonds. The van der Waals surface area contributed by atoms with Gasteiger partial charge in [0.05, 0.1) is 23.5 Å². The molecule has 9 heteroatoms. The van der Waals surface area contributed by atoms with Crippen LogP contribution in [0, 0.1) is 5.82 Å². The molecule has 162 valence electrons. The molecule has 1 aliphatic rings. The molecule has 0 unspecified atom stereocenters. The molecule has 0 aliphatic carbocycles. The van der Waals surface area contributed by atoms with Crippen LogP contribution in [-0.4, -0.2) is 18.9 Å². The molecule has 0 spiro atoms. The topological polar surface area (TPSA) is 58.6 Å². The fraction of sp³-hybridized carbons (Fsp3) is 0.0435. The predicted octanol–water partition coefficient (Wildman–Crippen LogP) is 6.13. The minimum absolute atomic E-state index is 0.0693. The highest BCUT2D eigenvalue weighted by atomic mass is 35.5. The molecule has 4 rings (SSSR count). The van der Waals surface area contributed by atoms with Gasteiger partial charge in [0.15, 0.2) is 0 Å². The van der Waals surface area contributed by atoms with Crippen molar-refractivity contribution in [3.05, 3.63) is 93.2 Å². The van der Waals surface area contributed by atoms with Crippen molar-refractivity contribution in [2.45, 2.75) is 4.90 Å². The Balaban J connectivity index is 1.77. The summed E-state index contributed by atoms with van der Waals surface area (Å²) in [6.45, 7) is 0. The van der Waals surface area contributed by atoms with Crippen molar-refractivity contribution in [2.24, 2.45) is 0 Å². The van der Waals surface area contributed by atoms with E-state index in [9.17, 15) is 14.0 Å². The van der Waals surface area contributed by atoms with Crippen LogP contribution in [0.4, 0.5) is 15.8 Å². The maximum Gasteiger partial charge on any atom is 0.283 e. The Morgan fingerprint density at radius 2 is 1.69 bits per heavy atom. The largest absolute Gasteiger partial charge is 0.495 e. The van der Waals surface area contributed by atoms with E-state index in [1.165, 1.54) is 19.2 Å². The van der Waals surface area contributed by atoms with E-state index < -0.39 is 17.6 Å². The summed E-state index contributed by atoms with van der Waals surface area (Å²) in [6.07, 6.45) is 0.